The number of benzene rings is 5. The molecule has 0 saturated heterocycles. The van der Waals surface area contributed by atoms with Crippen molar-refractivity contribution in [1.82, 2.24) is 0 Å². The van der Waals surface area contributed by atoms with Crippen LogP contribution in [-0.4, -0.2) is 31.3 Å². The second kappa shape index (κ2) is 12.8. The van der Waals surface area contributed by atoms with Gasteiger partial charge in [0.1, 0.15) is 23.3 Å². The summed E-state index contributed by atoms with van der Waals surface area (Å²) >= 11 is 0. The highest BCUT2D eigenvalue weighted by atomic mass is 15.3. The Hall–Kier alpha value is -5.62. The average Bonchev–Trinajstić information content (AvgIpc) is 3.64. The molecule has 0 fully saturated rings. The van der Waals surface area contributed by atoms with Gasteiger partial charge in [0.2, 0.25) is 0 Å². The van der Waals surface area contributed by atoms with Crippen molar-refractivity contribution in [3.8, 4) is 0 Å². The summed E-state index contributed by atoms with van der Waals surface area (Å²) in [6, 6.07) is 46.5. The molecule has 0 unspecified atom stereocenters. The molecule has 2 heterocycles. The molecule has 5 aromatic rings. The van der Waals surface area contributed by atoms with Gasteiger partial charge in [-0.05, 0) is 81.4 Å². The molecule has 0 radical (unpaired) electrons. The number of nitrogens with zero attached hydrogens (tertiary/aromatic N) is 5. The van der Waals surface area contributed by atoms with E-state index in [0.29, 0.717) is 0 Å². The van der Waals surface area contributed by atoms with Crippen molar-refractivity contribution in [1.29, 1.82) is 0 Å². The van der Waals surface area contributed by atoms with Crippen LogP contribution in [0.15, 0.2) is 143 Å². The molecule has 46 heavy (non-hydrogen) atoms. The van der Waals surface area contributed by atoms with E-state index >= 15 is 0 Å². The molecule has 0 aromatic heterocycles. The van der Waals surface area contributed by atoms with Crippen molar-refractivity contribution in [2.24, 2.45) is 9.98 Å². The summed E-state index contributed by atoms with van der Waals surface area (Å²) in [6.07, 6.45) is 0. The number of fused-ring (bicyclic) bond motifs is 2. The molecule has 2 aliphatic heterocycles. The van der Waals surface area contributed by atoms with Crippen LogP contribution >= 0.6 is 0 Å². The normalized spacial score (nSPS) is 13.1. The summed E-state index contributed by atoms with van der Waals surface area (Å²) in [5, 5.41) is 5.81. The Labute approximate surface area is 271 Å². The zero-order chi connectivity index (χ0) is 31.5. The van der Waals surface area contributed by atoms with Crippen molar-refractivity contribution in [3.63, 3.8) is 0 Å². The van der Waals surface area contributed by atoms with Gasteiger partial charge in [-0.3, -0.25) is 0 Å². The molecule has 0 atom stereocenters. The highest BCUT2D eigenvalue weighted by molar-refractivity contribution is 6.18. The van der Waals surface area contributed by atoms with E-state index in [1.807, 2.05) is 18.2 Å². The van der Waals surface area contributed by atoms with Crippen LogP contribution in [0.3, 0.4) is 0 Å². The van der Waals surface area contributed by atoms with Crippen LogP contribution in [0.1, 0.15) is 31.9 Å². The fraction of sp³-hybridized carbons (Fsp3) is 0.150. The minimum Gasteiger partial charge on any atom is -0.340 e. The van der Waals surface area contributed by atoms with Gasteiger partial charge in [0.15, 0.2) is 0 Å². The number of rotatable bonds is 9. The molecule has 6 heteroatoms. The summed E-state index contributed by atoms with van der Waals surface area (Å²) in [7, 11) is 0. The van der Waals surface area contributed by atoms with Crippen LogP contribution in [0.25, 0.3) is 11.6 Å². The van der Waals surface area contributed by atoms with Crippen LogP contribution < -0.4 is 30.5 Å². The molecule has 0 spiro atoms. The van der Waals surface area contributed by atoms with Crippen molar-refractivity contribution < 1.29 is 0 Å². The fourth-order valence-electron chi connectivity index (χ4n) is 6.36. The molecular weight excluding hydrogens is 564 g/mol. The van der Waals surface area contributed by atoms with Gasteiger partial charge < -0.3 is 20.0 Å². The fourth-order valence-corrected chi connectivity index (χ4v) is 6.36. The van der Waals surface area contributed by atoms with Gasteiger partial charge in [0, 0.05) is 63.9 Å². The number of nitrogens with one attached hydrogen (secondary N) is 1. The first kappa shape index (κ1) is 29.1. The molecule has 228 valence electrons. The molecule has 6 nitrogen and oxygen atoms in total. The Bertz CT molecular complexity index is 2020. The minimum atomic E-state index is 0.777. The van der Waals surface area contributed by atoms with Gasteiger partial charge in [-0.2, -0.15) is 0 Å². The largest absolute Gasteiger partial charge is 0.340 e. The Morgan fingerprint density at radius 2 is 0.891 bits per heavy atom. The lowest BCUT2D eigenvalue weighted by molar-refractivity contribution is 1.01. The lowest BCUT2D eigenvalue weighted by Crippen LogP contribution is -2.37. The van der Waals surface area contributed by atoms with E-state index in [1.165, 1.54) is 0 Å². The van der Waals surface area contributed by atoms with Gasteiger partial charge in [-0.1, -0.05) is 72.8 Å². The van der Waals surface area contributed by atoms with E-state index in [1.54, 1.807) is 0 Å². The summed E-state index contributed by atoms with van der Waals surface area (Å²) in [4.78, 5) is 17.7. The second-order valence-electron chi connectivity index (χ2n) is 11.2. The maximum atomic E-state index is 5.45. The third-order valence-corrected chi connectivity index (χ3v) is 8.52. The van der Waals surface area contributed by atoms with Crippen molar-refractivity contribution in [2.75, 3.05) is 39.7 Å². The van der Waals surface area contributed by atoms with Crippen LogP contribution in [0.5, 0.6) is 0 Å². The Morgan fingerprint density at radius 1 is 0.478 bits per heavy atom. The predicted octanol–water partition coefficient (Wildman–Crippen LogP) is 7.03. The van der Waals surface area contributed by atoms with E-state index in [9.17, 15) is 0 Å². The van der Waals surface area contributed by atoms with Crippen molar-refractivity contribution >= 4 is 46.1 Å². The second-order valence-corrected chi connectivity index (χ2v) is 11.2. The van der Waals surface area contributed by atoms with Gasteiger partial charge in [0.05, 0.1) is 0 Å². The quantitative estimate of drug-likeness (QED) is 0.197. The average molecular weight is 603 g/mol. The molecule has 2 aliphatic rings. The van der Waals surface area contributed by atoms with E-state index in [-0.39, 0.29) is 0 Å². The Kier molecular flexibility index (Phi) is 8.09. The summed E-state index contributed by atoms with van der Waals surface area (Å²) < 4.78 is 0. The summed E-state index contributed by atoms with van der Waals surface area (Å²) in [5.41, 5.74) is 6.52. The van der Waals surface area contributed by atoms with E-state index < -0.39 is 0 Å². The van der Waals surface area contributed by atoms with Crippen LogP contribution in [0, 0.1) is 0 Å². The lowest BCUT2D eigenvalue weighted by atomic mass is 10.0. The Morgan fingerprint density at radius 3 is 1.39 bits per heavy atom. The molecule has 1 N–H and O–H groups in total. The molecule has 7 rings (SSSR count). The van der Waals surface area contributed by atoms with Crippen molar-refractivity contribution in [2.45, 2.75) is 20.8 Å². The molecule has 0 aliphatic carbocycles. The number of hydrogen-bond donors (Lipinski definition) is 1. The van der Waals surface area contributed by atoms with E-state index in [2.05, 4.69) is 156 Å². The maximum absolute atomic E-state index is 5.45. The molecule has 0 saturated carbocycles. The number of anilines is 4. The molecule has 0 amide bonds. The first-order chi connectivity index (χ1) is 22.7. The van der Waals surface area contributed by atoms with Gasteiger partial charge in [-0.25, -0.2) is 9.98 Å². The lowest BCUT2D eigenvalue weighted by Gasteiger charge is -2.25. The monoisotopic (exact) mass is 602 g/mol. The number of para-hydroxylation sites is 4. The highest BCUT2D eigenvalue weighted by Crippen LogP contribution is 2.28. The van der Waals surface area contributed by atoms with Crippen molar-refractivity contribution in [3.05, 3.63) is 155 Å². The predicted molar refractivity (Wildman–Crippen MR) is 194 cm³/mol. The first-order valence-corrected chi connectivity index (χ1v) is 16.1. The zero-order valence-electron chi connectivity index (χ0n) is 26.6. The number of amidine groups is 2. The topological polar surface area (TPSA) is 46.5 Å². The standard InChI is InChI=1S/C40H38N6/c1-4-44(30-21-13-8-14-22-30)38-34-28-36-35(27-33(34)37(42-38)41-29-19-11-7-12-20-29)39(45(5-2)31-23-15-9-16-24-31)43-40(36)46(6-3)32-25-17-10-18-26-32/h7-28H,4-6H2,1-3H3,(H,41,42). The number of hydrogen-bond acceptors (Lipinski definition) is 6. The third kappa shape index (κ3) is 5.32. The number of aliphatic imine (C=N–C) groups is 2. The first-order valence-electron chi connectivity index (χ1n) is 16.1. The minimum absolute atomic E-state index is 0.777. The van der Waals surface area contributed by atoms with Crippen LogP contribution in [0.4, 0.5) is 22.7 Å². The van der Waals surface area contributed by atoms with Gasteiger partial charge in [0.25, 0.3) is 0 Å². The van der Waals surface area contributed by atoms with E-state index in [0.717, 1.165) is 87.3 Å². The van der Waals surface area contributed by atoms with Gasteiger partial charge in [-0.15, -0.1) is 0 Å². The van der Waals surface area contributed by atoms with Gasteiger partial charge >= 0.3 is 0 Å². The van der Waals surface area contributed by atoms with Crippen LogP contribution in [0.2, 0.25) is 0 Å². The van der Waals surface area contributed by atoms with E-state index in [4.69, 9.17) is 9.98 Å². The highest BCUT2D eigenvalue weighted by Gasteiger charge is 2.30. The molecule has 5 aromatic carbocycles. The smallest absolute Gasteiger partial charge is 0.143 e. The molecular formula is C40H38N6. The Balaban J connectivity index is 1.48. The summed E-state index contributed by atoms with van der Waals surface area (Å²) in [5.74, 6) is 3.65. The SMILES string of the molecule is CCN(C1=NC(Nc2ccccc2)=c2cc3c(cc21)=C(N(CC)c1ccccc1)N=C3N(CC)c1ccccc1)c1ccccc1. The zero-order valence-corrected chi connectivity index (χ0v) is 26.6. The third-order valence-electron chi connectivity index (χ3n) is 8.52. The summed E-state index contributed by atoms with van der Waals surface area (Å²) in [6.45, 7) is 8.89. The molecule has 0 bridgehead atoms. The maximum Gasteiger partial charge on any atom is 0.143 e. The van der Waals surface area contributed by atoms with Crippen LogP contribution in [-0.2, 0) is 0 Å².